The van der Waals surface area contributed by atoms with Crippen molar-refractivity contribution < 1.29 is 24.2 Å². The van der Waals surface area contributed by atoms with Gasteiger partial charge in [0, 0.05) is 11.4 Å². The molecule has 0 bridgehead atoms. The van der Waals surface area contributed by atoms with Gasteiger partial charge in [-0.05, 0) is 34.4 Å². The van der Waals surface area contributed by atoms with E-state index < -0.39 is 23.7 Å². The molecule has 8 heteroatoms. The highest BCUT2D eigenvalue weighted by Crippen LogP contribution is 2.31. The van der Waals surface area contributed by atoms with Crippen LogP contribution in [0, 0.1) is 0 Å². The van der Waals surface area contributed by atoms with Crippen molar-refractivity contribution in [3.8, 4) is 0 Å². The number of thioether (sulfide) groups is 1. The minimum Gasteiger partial charge on any atom is -0.445 e. The molecule has 0 radical (unpaired) electrons. The van der Waals surface area contributed by atoms with E-state index in [1.165, 1.54) is 21.6 Å². The van der Waals surface area contributed by atoms with Gasteiger partial charge in [-0.2, -0.15) is 0 Å². The summed E-state index contributed by atoms with van der Waals surface area (Å²) < 4.78 is 11.5. The lowest BCUT2D eigenvalue weighted by Crippen LogP contribution is -2.50. The van der Waals surface area contributed by atoms with Gasteiger partial charge in [0.05, 0.1) is 13.1 Å². The lowest BCUT2D eigenvalue weighted by molar-refractivity contribution is 0.0320. The van der Waals surface area contributed by atoms with Gasteiger partial charge in [0.2, 0.25) is 0 Å². The molecule has 5 rings (SSSR count). The summed E-state index contributed by atoms with van der Waals surface area (Å²) in [5, 5.41) is 11.2. The van der Waals surface area contributed by atoms with Crippen molar-refractivity contribution in [3.63, 3.8) is 0 Å². The Labute approximate surface area is 280 Å². The molecule has 0 saturated carbocycles. The second-order valence-electron chi connectivity index (χ2n) is 10.9. The number of ether oxygens (including phenoxy) is 2. The van der Waals surface area contributed by atoms with Crippen LogP contribution in [-0.2, 0) is 35.8 Å². The lowest BCUT2D eigenvalue weighted by Gasteiger charge is -2.36. The van der Waals surface area contributed by atoms with E-state index in [0.717, 1.165) is 27.1 Å². The zero-order chi connectivity index (χ0) is 32.7. The van der Waals surface area contributed by atoms with Crippen LogP contribution in [0.1, 0.15) is 22.3 Å². The van der Waals surface area contributed by atoms with Gasteiger partial charge < -0.3 is 19.5 Å². The molecule has 0 aromatic heterocycles. The molecule has 0 aliphatic carbocycles. The van der Waals surface area contributed by atoms with Crippen LogP contribution in [0.15, 0.2) is 157 Å². The Hall–Kier alpha value is -5.05. The number of nitrogens with zero attached hydrogens (tertiary/aromatic N) is 2. The first-order chi connectivity index (χ1) is 23.0. The molecular formula is C39H38N2O5S. The zero-order valence-electron chi connectivity index (χ0n) is 26.0. The van der Waals surface area contributed by atoms with Gasteiger partial charge in [0.15, 0.2) is 0 Å². The molecule has 2 amide bonds. The standard InChI is InChI=1S/C39H38N2O5S/c42-36(28-40(26-31-16-6-1-7-17-31)38(43)45-29-33-20-10-3-11-21-33)37(47-35-24-14-5-15-25-35)41(27-32-18-8-2-9-19-32)39(44)46-30-34-22-12-4-13-23-34/h1-25,36-37,42H,26-30H2. The number of hydrogen-bond donors (Lipinski definition) is 1. The molecule has 2 unspecified atom stereocenters. The van der Waals surface area contributed by atoms with E-state index in [1.807, 2.05) is 152 Å². The molecule has 0 fully saturated rings. The van der Waals surface area contributed by atoms with E-state index >= 15 is 0 Å². The van der Waals surface area contributed by atoms with Gasteiger partial charge in [-0.25, -0.2) is 9.59 Å². The molecule has 5 aromatic carbocycles. The highest BCUT2D eigenvalue weighted by atomic mass is 32.2. The maximum absolute atomic E-state index is 13.9. The first-order valence-electron chi connectivity index (χ1n) is 15.5. The minimum absolute atomic E-state index is 0.0791. The molecular weight excluding hydrogens is 609 g/mol. The summed E-state index contributed by atoms with van der Waals surface area (Å²) in [7, 11) is 0. The first kappa shape index (κ1) is 33.3. The normalized spacial score (nSPS) is 12.0. The second kappa shape index (κ2) is 17.6. The summed E-state index contributed by atoms with van der Waals surface area (Å²) in [6, 6.07) is 47.6. The number of hydrogen-bond acceptors (Lipinski definition) is 6. The Morgan fingerprint density at radius 1 is 0.553 bits per heavy atom. The van der Waals surface area contributed by atoms with Crippen molar-refractivity contribution in [1.29, 1.82) is 0 Å². The van der Waals surface area contributed by atoms with Gasteiger partial charge >= 0.3 is 12.2 Å². The van der Waals surface area contributed by atoms with Crippen LogP contribution >= 0.6 is 11.8 Å². The number of aliphatic hydroxyl groups excluding tert-OH is 1. The number of rotatable bonds is 14. The van der Waals surface area contributed by atoms with E-state index in [2.05, 4.69) is 0 Å². The lowest BCUT2D eigenvalue weighted by atomic mass is 10.2. The quantitative estimate of drug-likeness (QED) is 0.0970. The third-order valence-electron chi connectivity index (χ3n) is 7.36. The molecule has 1 N–H and O–H groups in total. The molecule has 0 spiro atoms. The van der Waals surface area contributed by atoms with Crippen LogP contribution in [-0.4, -0.2) is 45.1 Å². The van der Waals surface area contributed by atoms with Gasteiger partial charge in [-0.1, -0.05) is 151 Å². The largest absolute Gasteiger partial charge is 0.445 e. The van der Waals surface area contributed by atoms with Crippen molar-refractivity contribution in [1.82, 2.24) is 9.80 Å². The number of amides is 2. The Morgan fingerprint density at radius 3 is 1.45 bits per heavy atom. The molecule has 0 heterocycles. The molecule has 0 aliphatic heterocycles. The van der Waals surface area contributed by atoms with E-state index in [1.54, 1.807) is 0 Å². The Balaban J connectivity index is 1.43. The third-order valence-corrected chi connectivity index (χ3v) is 8.71. The molecule has 47 heavy (non-hydrogen) atoms. The molecule has 5 aromatic rings. The predicted octanol–water partition coefficient (Wildman–Crippen LogP) is 8.14. The SMILES string of the molecule is O=C(OCc1ccccc1)N(Cc1ccccc1)CC(O)C(Sc1ccccc1)N(Cc1ccccc1)C(=O)OCc1ccccc1. The number of carbonyl (C=O) groups is 2. The van der Waals surface area contributed by atoms with Gasteiger partial charge in [0.25, 0.3) is 0 Å². The minimum atomic E-state index is -1.18. The fourth-order valence-electron chi connectivity index (χ4n) is 4.96. The summed E-state index contributed by atoms with van der Waals surface area (Å²) in [5.74, 6) is 0. The van der Waals surface area contributed by atoms with Gasteiger partial charge in [-0.15, -0.1) is 0 Å². The Bertz CT molecular complexity index is 1640. The molecule has 240 valence electrons. The maximum Gasteiger partial charge on any atom is 0.411 e. The summed E-state index contributed by atoms with van der Waals surface area (Å²) >= 11 is 1.34. The highest BCUT2D eigenvalue weighted by molar-refractivity contribution is 8.00. The summed E-state index contributed by atoms with van der Waals surface area (Å²) in [5.41, 5.74) is 3.46. The topological polar surface area (TPSA) is 79.3 Å². The van der Waals surface area contributed by atoms with E-state index in [-0.39, 0.29) is 32.8 Å². The highest BCUT2D eigenvalue weighted by Gasteiger charge is 2.34. The average Bonchev–Trinajstić information content (AvgIpc) is 3.13. The van der Waals surface area contributed by atoms with Crippen LogP contribution < -0.4 is 0 Å². The van der Waals surface area contributed by atoms with Gasteiger partial charge in [0.1, 0.15) is 24.7 Å². The van der Waals surface area contributed by atoms with Crippen LogP contribution in [0.5, 0.6) is 0 Å². The van der Waals surface area contributed by atoms with Crippen molar-refractivity contribution in [2.75, 3.05) is 6.54 Å². The maximum atomic E-state index is 13.9. The number of benzene rings is 5. The van der Waals surface area contributed by atoms with Crippen LogP contribution in [0.4, 0.5) is 9.59 Å². The average molecular weight is 647 g/mol. The number of aliphatic hydroxyl groups is 1. The Morgan fingerprint density at radius 2 is 0.957 bits per heavy atom. The Kier molecular flexibility index (Phi) is 12.5. The zero-order valence-corrected chi connectivity index (χ0v) is 26.8. The van der Waals surface area contributed by atoms with Crippen molar-refractivity contribution in [3.05, 3.63) is 174 Å². The number of carbonyl (C=O) groups excluding carboxylic acids is 2. The fourth-order valence-corrected chi connectivity index (χ4v) is 6.09. The fraction of sp³-hybridized carbons (Fsp3) is 0.179. The predicted molar refractivity (Wildman–Crippen MR) is 184 cm³/mol. The van der Waals surface area contributed by atoms with Crippen molar-refractivity contribution in [2.24, 2.45) is 0 Å². The molecule has 0 saturated heterocycles. The summed E-state index contributed by atoms with van der Waals surface area (Å²) in [4.78, 5) is 31.3. The van der Waals surface area contributed by atoms with E-state index in [9.17, 15) is 14.7 Å². The van der Waals surface area contributed by atoms with Crippen LogP contribution in [0.2, 0.25) is 0 Å². The van der Waals surface area contributed by atoms with Crippen molar-refractivity contribution >= 4 is 23.9 Å². The smallest absolute Gasteiger partial charge is 0.411 e. The summed E-state index contributed by atoms with van der Waals surface area (Å²) in [6.07, 6.45) is -2.32. The summed E-state index contributed by atoms with van der Waals surface area (Å²) in [6.45, 7) is 0.480. The molecule has 0 aliphatic rings. The van der Waals surface area contributed by atoms with E-state index in [0.29, 0.717) is 0 Å². The second-order valence-corrected chi connectivity index (χ2v) is 12.1. The van der Waals surface area contributed by atoms with Crippen LogP contribution in [0.25, 0.3) is 0 Å². The van der Waals surface area contributed by atoms with Crippen LogP contribution in [0.3, 0.4) is 0 Å². The van der Waals surface area contributed by atoms with E-state index in [4.69, 9.17) is 9.47 Å². The monoisotopic (exact) mass is 646 g/mol. The molecule has 2 atom stereocenters. The first-order valence-corrected chi connectivity index (χ1v) is 16.3. The third kappa shape index (κ3) is 10.5. The molecule has 7 nitrogen and oxygen atoms in total. The van der Waals surface area contributed by atoms with Crippen molar-refractivity contribution in [2.45, 2.75) is 42.7 Å². The van der Waals surface area contributed by atoms with Gasteiger partial charge in [-0.3, -0.25) is 4.90 Å².